The Hall–Kier alpha value is -1.12. The fraction of sp³-hybridized carbons (Fsp3) is 0.529. The molecule has 2 fully saturated rings. The predicted molar refractivity (Wildman–Crippen MR) is 75.9 cm³/mol. The van der Waals surface area contributed by atoms with E-state index >= 15 is 0 Å². The van der Waals surface area contributed by atoms with Crippen LogP contribution < -0.4 is 0 Å². The number of hydrogen-bond acceptors (Lipinski definition) is 2. The van der Waals surface area contributed by atoms with Crippen molar-refractivity contribution >= 4 is 0 Å². The average molecular weight is 258 g/mol. The molecule has 0 amide bonds. The molecule has 1 heterocycles. The number of allylic oxidation sites excluding steroid dienone is 1. The van der Waals surface area contributed by atoms with Crippen molar-refractivity contribution in [3.8, 4) is 0 Å². The van der Waals surface area contributed by atoms with Gasteiger partial charge in [0.2, 0.25) is 0 Å². The molecule has 102 valence electrons. The van der Waals surface area contributed by atoms with E-state index in [-0.39, 0.29) is 11.7 Å². The first kappa shape index (κ1) is 12.9. The van der Waals surface area contributed by atoms with Crippen molar-refractivity contribution in [2.45, 2.75) is 44.3 Å². The molecule has 1 saturated heterocycles. The van der Waals surface area contributed by atoms with Crippen LogP contribution in [0.15, 0.2) is 42.0 Å². The minimum absolute atomic E-state index is 0.0660. The summed E-state index contributed by atoms with van der Waals surface area (Å²) in [4.78, 5) is 0. The van der Waals surface area contributed by atoms with Gasteiger partial charge in [-0.25, -0.2) is 0 Å². The topological polar surface area (TPSA) is 32.8 Å². The number of aliphatic hydroxyl groups excluding tert-OH is 1. The molecule has 1 aliphatic heterocycles. The third kappa shape index (κ3) is 2.75. The molecule has 2 heteroatoms. The maximum absolute atomic E-state index is 9.89. The molecule has 2 nitrogen and oxygen atoms in total. The van der Waals surface area contributed by atoms with Gasteiger partial charge in [-0.05, 0) is 38.2 Å². The Morgan fingerprint density at radius 1 is 1.42 bits per heavy atom. The van der Waals surface area contributed by atoms with Gasteiger partial charge in [-0.15, -0.1) is 0 Å². The summed E-state index contributed by atoms with van der Waals surface area (Å²) in [5.74, 6) is 0.403. The van der Waals surface area contributed by atoms with Crippen LogP contribution in [-0.2, 0) is 11.2 Å². The Balaban J connectivity index is 1.70. The maximum Gasteiger partial charge on any atom is 0.0983 e. The Kier molecular flexibility index (Phi) is 3.46. The first-order chi connectivity index (χ1) is 9.20. The standard InChI is InChI=1S/C17H22O2/c1-13(7-8-14-5-3-2-4-6-14)16-11-15(18)9-10-17(16)12-19-17/h2-7,15-16,18H,8-12H2,1H3/t15-,16-,17-/m0/s1. The van der Waals surface area contributed by atoms with Crippen molar-refractivity contribution in [1.29, 1.82) is 0 Å². The van der Waals surface area contributed by atoms with Gasteiger partial charge in [0.05, 0.1) is 18.3 Å². The molecular formula is C17H22O2. The largest absolute Gasteiger partial charge is 0.393 e. The van der Waals surface area contributed by atoms with E-state index in [0.717, 1.165) is 32.3 Å². The van der Waals surface area contributed by atoms with Crippen LogP contribution in [0.2, 0.25) is 0 Å². The lowest BCUT2D eigenvalue weighted by molar-refractivity contribution is 0.0615. The monoisotopic (exact) mass is 258 g/mol. The number of epoxide rings is 1. The second-order valence-corrected chi connectivity index (χ2v) is 5.97. The summed E-state index contributed by atoms with van der Waals surface area (Å²) in [7, 11) is 0. The summed E-state index contributed by atoms with van der Waals surface area (Å²) in [6, 6.07) is 10.5. The Bertz CT molecular complexity index is 459. The molecule has 3 atom stereocenters. The zero-order valence-corrected chi connectivity index (χ0v) is 11.5. The van der Waals surface area contributed by atoms with E-state index in [2.05, 4.69) is 37.3 Å². The van der Waals surface area contributed by atoms with E-state index in [4.69, 9.17) is 4.74 Å². The summed E-state index contributed by atoms with van der Waals surface area (Å²) in [6.07, 6.45) is 5.88. The molecule has 1 saturated carbocycles. The number of ether oxygens (including phenoxy) is 1. The van der Waals surface area contributed by atoms with Gasteiger partial charge in [0.1, 0.15) is 0 Å². The Morgan fingerprint density at radius 3 is 2.84 bits per heavy atom. The molecular weight excluding hydrogens is 236 g/mol. The molecule has 0 aromatic heterocycles. The van der Waals surface area contributed by atoms with Crippen molar-refractivity contribution in [2.24, 2.45) is 5.92 Å². The second kappa shape index (κ2) is 5.10. The number of hydrogen-bond donors (Lipinski definition) is 1. The molecule has 1 aromatic carbocycles. The molecule has 0 unspecified atom stereocenters. The molecule has 1 spiro atoms. The van der Waals surface area contributed by atoms with Crippen molar-refractivity contribution in [2.75, 3.05) is 6.61 Å². The first-order valence-electron chi connectivity index (χ1n) is 7.22. The highest BCUT2D eigenvalue weighted by Gasteiger charge is 2.54. The third-order valence-corrected chi connectivity index (χ3v) is 4.61. The Labute approximate surface area is 115 Å². The van der Waals surface area contributed by atoms with Gasteiger partial charge >= 0.3 is 0 Å². The summed E-state index contributed by atoms with van der Waals surface area (Å²) < 4.78 is 5.72. The minimum Gasteiger partial charge on any atom is -0.393 e. The van der Waals surface area contributed by atoms with Crippen molar-refractivity contribution in [3.05, 3.63) is 47.5 Å². The van der Waals surface area contributed by atoms with Crippen LogP contribution in [-0.4, -0.2) is 23.4 Å². The van der Waals surface area contributed by atoms with Gasteiger partial charge in [-0.1, -0.05) is 42.0 Å². The van der Waals surface area contributed by atoms with Gasteiger partial charge in [0.15, 0.2) is 0 Å². The highest BCUT2D eigenvalue weighted by molar-refractivity contribution is 5.22. The van der Waals surface area contributed by atoms with Crippen LogP contribution in [0.25, 0.3) is 0 Å². The van der Waals surface area contributed by atoms with Crippen LogP contribution in [0.1, 0.15) is 31.7 Å². The van der Waals surface area contributed by atoms with Crippen molar-refractivity contribution in [3.63, 3.8) is 0 Å². The average Bonchev–Trinajstić information content (AvgIpc) is 3.21. The molecule has 3 rings (SSSR count). The fourth-order valence-electron chi connectivity index (χ4n) is 3.26. The maximum atomic E-state index is 9.89. The fourth-order valence-corrected chi connectivity index (χ4v) is 3.26. The van der Waals surface area contributed by atoms with E-state index in [9.17, 15) is 5.11 Å². The van der Waals surface area contributed by atoms with Crippen LogP contribution in [0, 0.1) is 5.92 Å². The van der Waals surface area contributed by atoms with E-state index in [1.165, 1.54) is 11.1 Å². The number of aliphatic hydroxyl groups is 1. The van der Waals surface area contributed by atoms with E-state index < -0.39 is 0 Å². The van der Waals surface area contributed by atoms with Gasteiger partial charge in [-0.3, -0.25) is 0 Å². The second-order valence-electron chi connectivity index (χ2n) is 5.97. The first-order valence-corrected chi connectivity index (χ1v) is 7.22. The SMILES string of the molecule is CC(=CCc1ccccc1)[C@@H]1C[C@@H](O)CC[C@]12CO2. The Morgan fingerprint density at radius 2 is 2.16 bits per heavy atom. The van der Waals surface area contributed by atoms with Crippen molar-refractivity contribution in [1.82, 2.24) is 0 Å². The van der Waals surface area contributed by atoms with Crippen LogP contribution >= 0.6 is 0 Å². The van der Waals surface area contributed by atoms with Crippen LogP contribution in [0.4, 0.5) is 0 Å². The molecule has 2 aliphatic rings. The van der Waals surface area contributed by atoms with E-state index in [1.54, 1.807) is 0 Å². The third-order valence-electron chi connectivity index (χ3n) is 4.61. The van der Waals surface area contributed by atoms with Crippen molar-refractivity contribution < 1.29 is 9.84 Å². The zero-order chi connectivity index (χ0) is 13.3. The lowest BCUT2D eigenvalue weighted by Crippen LogP contribution is -2.35. The summed E-state index contributed by atoms with van der Waals surface area (Å²) in [5.41, 5.74) is 2.78. The highest BCUT2D eigenvalue weighted by Crippen LogP contribution is 2.49. The predicted octanol–water partition coefficient (Wildman–Crippen LogP) is 3.11. The molecule has 0 radical (unpaired) electrons. The molecule has 1 aliphatic carbocycles. The normalized spacial score (nSPS) is 34.5. The lowest BCUT2D eigenvalue weighted by atomic mass is 9.74. The zero-order valence-electron chi connectivity index (χ0n) is 11.5. The lowest BCUT2D eigenvalue weighted by Gasteiger charge is -2.32. The van der Waals surface area contributed by atoms with Gasteiger partial charge in [0.25, 0.3) is 0 Å². The minimum atomic E-state index is -0.153. The molecule has 1 aromatic rings. The van der Waals surface area contributed by atoms with Gasteiger partial charge in [0, 0.05) is 5.92 Å². The summed E-state index contributed by atoms with van der Waals surface area (Å²) in [6.45, 7) is 3.07. The van der Waals surface area contributed by atoms with Crippen LogP contribution in [0.5, 0.6) is 0 Å². The molecule has 19 heavy (non-hydrogen) atoms. The number of rotatable bonds is 3. The van der Waals surface area contributed by atoms with E-state index in [0.29, 0.717) is 5.92 Å². The quantitative estimate of drug-likeness (QED) is 0.667. The van der Waals surface area contributed by atoms with E-state index in [1.807, 2.05) is 6.07 Å². The van der Waals surface area contributed by atoms with Crippen LogP contribution in [0.3, 0.4) is 0 Å². The molecule has 0 bridgehead atoms. The number of benzene rings is 1. The summed E-state index contributed by atoms with van der Waals surface area (Å²) >= 11 is 0. The highest BCUT2D eigenvalue weighted by atomic mass is 16.6. The smallest absolute Gasteiger partial charge is 0.0983 e. The molecule has 1 N–H and O–H groups in total. The van der Waals surface area contributed by atoms with Gasteiger partial charge < -0.3 is 9.84 Å². The summed E-state index contributed by atoms with van der Waals surface area (Å²) in [5, 5.41) is 9.89. The van der Waals surface area contributed by atoms with Gasteiger partial charge in [-0.2, -0.15) is 0 Å².